The van der Waals surface area contributed by atoms with Gasteiger partial charge in [0.05, 0.1) is 0 Å². The number of aryl methyl sites for hydroxylation is 1. The van der Waals surface area contributed by atoms with Gasteiger partial charge in [-0.15, -0.1) is 0 Å². The summed E-state index contributed by atoms with van der Waals surface area (Å²) in [6.07, 6.45) is 6.32. The van der Waals surface area contributed by atoms with Crippen LogP contribution in [0, 0.1) is 6.92 Å². The van der Waals surface area contributed by atoms with Crippen LogP contribution in [-0.2, 0) is 13.1 Å². The van der Waals surface area contributed by atoms with E-state index in [9.17, 15) is 4.79 Å². The summed E-state index contributed by atoms with van der Waals surface area (Å²) in [6.45, 7) is 4.59. The number of fused-ring (bicyclic) bond motifs is 3. The molecule has 3 heterocycles. The Kier molecular flexibility index (Phi) is 5.36. The van der Waals surface area contributed by atoms with E-state index >= 15 is 0 Å². The van der Waals surface area contributed by atoms with Crippen LogP contribution in [0.5, 0.6) is 0 Å². The monoisotopic (exact) mass is 418 g/mol. The van der Waals surface area contributed by atoms with Gasteiger partial charge >= 0.3 is 0 Å². The predicted molar refractivity (Wildman–Crippen MR) is 122 cm³/mol. The molecule has 7 heteroatoms. The molecular formula is C24H30N6O. The van der Waals surface area contributed by atoms with Crippen molar-refractivity contribution in [1.29, 1.82) is 0 Å². The van der Waals surface area contributed by atoms with Crippen LogP contribution in [0.25, 0.3) is 11.0 Å². The highest BCUT2D eigenvalue weighted by molar-refractivity contribution is 5.98. The Hall–Kier alpha value is -2.93. The Balaban J connectivity index is 1.19. The minimum atomic E-state index is 0.0512. The highest BCUT2D eigenvalue weighted by atomic mass is 16.2. The average Bonchev–Trinajstić information content (AvgIpc) is 3.15. The Morgan fingerprint density at radius 2 is 1.87 bits per heavy atom. The second-order valence-corrected chi connectivity index (χ2v) is 8.88. The third-order valence-electron chi connectivity index (χ3n) is 6.76. The number of amides is 1. The van der Waals surface area contributed by atoms with E-state index < -0.39 is 0 Å². The Morgan fingerprint density at radius 3 is 2.68 bits per heavy atom. The van der Waals surface area contributed by atoms with E-state index in [1.807, 2.05) is 23.9 Å². The molecule has 162 valence electrons. The molecule has 31 heavy (non-hydrogen) atoms. The highest BCUT2D eigenvalue weighted by Gasteiger charge is 2.25. The number of likely N-dealkylation sites (N-methyl/N-ethyl adjacent to an activating group) is 1. The Bertz CT molecular complexity index is 1100. The van der Waals surface area contributed by atoms with Gasteiger partial charge in [-0.1, -0.05) is 24.3 Å². The number of carbonyl (C=O) groups is 1. The number of aromatic nitrogens is 3. The largest absolute Gasteiger partial charge is 0.351 e. The predicted octanol–water partition coefficient (Wildman–Crippen LogP) is 3.34. The summed E-state index contributed by atoms with van der Waals surface area (Å²) in [6, 6.07) is 11.4. The lowest BCUT2D eigenvalue weighted by atomic mass is 9.91. The third-order valence-corrected chi connectivity index (χ3v) is 6.76. The van der Waals surface area contributed by atoms with Crippen molar-refractivity contribution in [2.24, 2.45) is 0 Å². The van der Waals surface area contributed by atoms with Crippen molar-refractivity contribution in [1.82, 2.24) is 24.8 Å². The fourth-order valence-electron chi connectivity index (χ4n) is 4.75. The summed E-state index contributed by atoms with van der Waals surface area (Å²) in [4.78, 5) is 23.5. The van der Waals surface area contributed by atoms with Crippen LogP contribution in [0.1, 0.15) is 47.3 Å². The molecule has 2 aliphatic rings. The van der Waals surface area contributed by atoms with Crippen molar-refractivity contribution in [2.45, 2.75) is 57.8 Å². The van der Waals surface area contributed by atoms with Crippen molar-refractivity contribution >= 4 is 22.9 Å². The molecule has 7 nitrogen and oxygen atoms in total. The van der Waals surface area contributed by atoms with Gasteiger partial charge < -0.3 is 20.1 Å². The summed E-state index contributed by atoms with van der Waals surface area (Å²) in [5.41, 5.74) is 4.28. The summed E-state index contributed by atoms with van der Waals surface area (Å²) < 4.78 is 2.02. The first-order valence-corrected chi connectivity index (χ1v) is 11.2. The van der Waals surface area contributed by atoms with E-state index in [1.165, 1.54) is 11.1 Å². The summed E-state index contributed by atoms with van der Waals surface area (Å²) >= 11 is 0. The van der Waals surface area contributed by atoms with Gasteiger partial charge in [-0.2, -0.15) is 4.98 Å². The minimum absolute atomic E-state index is 0.0512. The number of rotatable bonds is 5. The van der Waals surface area contributed by atoms with E-state index in [1.54, 1.807) is 4.90 Å². The maximum absolute atomic E-state index is 12.4. The topological polar surface area (TPSA) is 75.1 Å². The fourth-order valence-corrected chi connectivity index (χ4v) is 4.75. The molecular weight excluding hydrogens is 388 g/mol. The van der Waals surface area contributed by atoms with Crippen LogP contribution < -0.4 is 10.6 Å². The number of nitrogens with one attached hydrogen (secondary N) is 2. The van der Waals surface area contributed by atoms with Gasteiger partial charge in [0.2, 0.25) is 5.95 Å². The van der Waals surface area contributed by atoms with Crippen molar-refractivity contribution in [3.8, 4) is 0 Å². The lowest BCUT2D eigenvalue weighted by Gasteiger charge is -2.30. The number of nitrogens with zero attached hydrogens (tertiary/aromatic N) is 4. The summed E-state index contributed by atoms with van der Waals surface area (Å²) in [5.74, 6) is 0.714. The van der Waals surface area contributed by atoms with Crippen molar-refractivity contribution < 1.29 is 4.79 Å². The van der Waals surface area contributed by atoms with Gasteiger partial charge in [0.15, 0.2) is 0 Å². The van der Waals surface area contributed by atoms with E-state index in [0.29, 0.717) is 30.3 Å². The molecule has 0 atom stereocenters. The van der Waals surface area contributed by atoms with E-state index in [-0.39, 0.29) is 5.91 Å². The van der Waals surface area contributed by atoms with Gasteiger partial charge in [-0.05, 0) is 49.8 Å². The molecule has 1 aliphatic carbocycles. The lowest BCUT2D eigenvalue weighted by Crippen LogP contribution is -2.37. The average molecular weight is 419 g/mol. The van der Waals surface area contributed by atoms with E-state index in [0.717, 1.165) is 49.8 Å². The van der Waals surface area contributed by atoms with Crippen molar-refractivity contribution in [3.05, 3.63) is 53.3 Å². The van der Waals surface area contributed by atoms with Crippen LogP contribution >= 0.6 is 0 Å². The van der Waals surface area contributed by atoms with Gasteiger partial charge in [-0.3, -0.25) is 4.79 Å². The molecule has 3 aromatic rings. The zero-order chi connectivity index (χ0) is 21.4. The minimum Gasteiger partial charge on any atom is -0.351 e. The normalized spacial score (nSPS) is 21.4. The van der Waals surface area contributed by atoms with Gasteiger partial charge in [0.1, 0.15) is 11.3 Å². The number of hydrogen-bond acceptors (Lipinski definition) is 5. The molecule has 0 bridgehead atoms. The Morgan fingerprint density at radius 1 is 1.10 bits per heavy atom. The molecule has 2 aromatic heterocycles. The molecule has 1 amide bonds. The van der Waals surface area contributed by atoms with Crippen LogP contribution in [0.3, 0.4) is 0 Å². The molecule has 1 aromatic carbocycles. The highest BCUT2D eigenvalue weighted by Crippen LogP contribution is 2.25. The second kappa shape index (κ2) is 8.30. The molecule has 2 N–H and O–H groups in total. The molecule has 0 spiro atoms. The first-order valence-electron chi connectivity index (χ1n) is 11.2. The number of benzene rings is 1. The van der Waals surface area contributed by atoms with Crippen LogP contribution in [-0.4, -0.2) is 51.0 Å². The van der Waals surface area contributed by atoms with Crippen molar-refractivity contribution in [2.75, 3.05) is 18.9 Å². The van der Waals surface area contributed by atoms with Crippen LogP contribution in [0.15, 0.2) is 36.5 Å². The second-order valence-electron chi connectivity index (χ2n) is 8.88. The number of anilines is 1. The molecule has 0 unspecified atom stereocenters. The first-order chi connectivity index (χ1) is 15.1. The molecule has 1 fully saturated rings. The fraction of sp³-hybridized carbons (Fsp3) is 0.458. The van der Waals surface area contributed by atoms with Gasteiger partial charge in [0, 0.05) is 50.3 Å². The van der Waals surface area contributed by atoms with Crippen molar-refractivity contribution in [3.63, 3.8) is 0 Å². The molecule has 1 aliphatic heterocycles. The summed E-state index contributed by atoms with van der Waals surface area (Å²) in [7, 11) is 1.84. The van der Waals surface area contributed by atoms with E-state index in [4.69, 9.17) is 4.98 Å². The maximum Gasteiger partial charge on any atom is 0.270 e. The first kappa shape index (κ1) is 20.0. The number of carbonyl (C=O) groups excluding carboxylic acids is 1. The van der Waals surface area contributed by atoms with Crippen LogP contribution in [0.4, 0.5) is 5.95 Å². The lowest BCUT2D eigenvalue weighted by molar-refractivity contribution is 0.0751. The van der Waals surface area contributed by atoms with Crippen LogP contribution in [0.2, 0.25) is 0 Å². The zero-order valence-corrected chi connectivity index (χ0v) is 18.3. The molecule has 0 saturated heterocycles. The number of hydrogen-bond donors (Lipinski definition) is 2. The van der Waals surface area contributed by atoms with E-state index in [2.05, 4.69) is 46.8 Å². The Labute approximate surface area is 182 Å². The summed E-state index contributed by atoms with van der Waals surface area (Å²) in [5, 5.41) is 8.19. The smallest absolute Gasteiger partial charge is 0.270 e. The molecule has 1 saturated carbocycles. The van der Waals surface area contributed by atoms with Gasteiger partial charge in [-0.25, -0.2) is 4.98 Å². The SMILES string of the molecule is Cc1ccccc1CNC1CCC(Nc2ncc3cc4n(c3n2)CCN(C)C4=O)CC1. The maximum atomic E-state index is 12.4. The third kappa shape index (κ3) is 4.02. The molecule has 0 radical (unpaired) electrons. The quantitative estimate of drug-likeness (QED) is 0.665. The molecule has 5 rings (SSSR count). The van der Waals surface area contributed by atoms with Gasteiger partial charge in [0.25, 0.3) is 5.91 Å². The zero-order valence-electron chi connectivity index (χ0n) is 18.3. The standard InChI is InChI=1S/C24H30N6O/c1-16-5-3-4-6-17(16)14-25-19-7-9-20(10-8-19)27-24-26-15-18-13-21-23(31)29(2)11-12-30(21)22(18)28-24/h3-6,13,15,19-20,25H,7-12,14H2,1-2H3,(H,26,27,28).